The van der Waals surface area contributed by atoms with Crippen molar-refractivity contribution in [3.8, 4) is 11.3 Å². The predicted octanol–water partition coefficient (Wildman–Crippen LogP) is 3.95. The van der Waals surface area contributed by atoms with E-state index in [-0.39, 0.29) is 25.7 Å². The number of benzene rings is 1. The van der Waals surface area contributed by atoms with Crippen LogP contribution in [0.25, 0.3) is 16.1 Å². The van der Waals surface area contributed by atoms with Gasteiger partial charge in [-0.15, -0.1) is 0 Å². The van der Waals surface area contributed by atoms with E-state index in [1.54, 1.807) is 25.3 Å². The van der Waals surface area contributed by atoms with E-state index in [0.717, 1.165) is 11.8 Å². The van der Waals surface area contributed by atoms with E-state index < -0.39 is 17.3 Å². The molecule has 21 heavy (non-hydrogen) atoms. The molecule has 3 nitrogen and oxygen atoms in total. The fourth-order valence-electron chi connectivity index (χ4n) is 1.98. The average molecular weight is 466 g/mol. The van der Waals surface area contributed by atoms with Crippen LogP contribution in [-0.4, -0.2) is 19.1 Å². The standard InChI is InChI=1S/C15H13F2N3.Ir/c1-9-7-11(16)15(18-2)14(17)13(9)12-8-10(20(3)4)5-6-19-12;/h5-8H,1,3-4H3;. The first-order chi connectivity index (χ1) is 9.45. The Labute approximate surface area is 135 Å². The SMILES string of the molecule is [C-]#[N+]c1c(F)cc(C)c(-c2cc(N(C)C)ccn2)c1F.[Ir]. The summed E-state index contributed by atoms with van der Waals surface area (Å²) in [5.41, 5.74) is 1.22. The molecule has 0 aliphatic heterocycles. The first-order valence-corrected chi connectivity index (χ1v) is 5.95. The first kappa shape index (κ1) is 17.2. The molecule has 0 aliphatic carbocycles. The Hall–Kier alpha value is -1.83. The van der Waals surface area contributed by atoms with Crippen molar-refractivity contribution in [2.75, 3.05) is 19.0 Å². The molecular weight excluding hydrogens is 452 g/mol. The number of aromatic nitrogens is 1. The monoisotopic (exact) mass is 466 g/mol. The number of hydrogen-bond donors (Lipinski definition) is 0. The van der Waals surface area contributed by atoms with E-state index >= 15 is 0 Å². The molecule has 6 heteroatoms. The van der Waals surface area contributed by atoms with Gasteiger partial charge in [0, 0.05) is 51.6 Å². The Balaban J connectivity index is 0.00000220. The van der Waals surface area contributed by atoms with Gasteiger partial charge < -0.3 is 4.90 Å². The van der Waals surface area contributed by atoms with Crippen LogP contribution in [0.4, 0.5) is 20.2 Å². The van der Waals surface area contributed by atoms with Crippen molar-refractivity contribution < 1.29 is 28.9 Å². The molecule has 2 aromatic rings. The van der Waals surface area contributed by atoms with E-state index in [0.29, 0.717) is 11.3 Å². The molecule has 1 radical (unpaired) electrons. The van der Waals surface area contributed by atoms with E-state index in [1.165, 1.54) is 0 Å². The average Bonchev–Trinajstić information content (AvgIpc) is 2.39. The number of hydrogen-bond acceptors (Lipinski definition) is 2. The molecule has 0 spiro atoms. The zero-order valence-corrected chi connectivity index (χ0v) is 14.1. The van der Waals surface area contributed by atoms with Crippen LogP contribution >= 0.6 is 0 Å². The van der Waals surface area contributed by atoms with Crippen LogP contribution in [0.3, 0.4) is 0 Å². The molecule has 0 atom stereocenters. The number of nitrogens with zero attached hydrogens (tertiary/aromatic N) is 3. The molecule has 0 saturated carbocycles. The predicted molar refractivity (Wildman–Crippen MR) is 74.9 cm³/mol. The maximum atomic E-state index is 14.3. The minimum atomic E-state index is -0.860. The summed E-state index contributed by atoms with van der Waals surface area (Å²) >= 11 is 0. The van der Waals surface area contributed by atoms with E-state index in [4.69, 9.17) is 6.57 Å². The molecule has 0 unspecified atom stereocenters. The van der Waals surface area contributed by atoms with Crippen molar-refractivity contribution in [2.24, 2.45) is 0 Å². The van der Waals surface area contributed by atoms with Crippen LogP contribution in [-0.2, 0) is 20.1 Å². The number of rotatable bonds is 2. The summed E-state index contributed by atoms with van der Waals surface area (Å²) in [6, 6.07) is 4.66. The van der Waals surface area contributed by atoms with E-state index in [9.17, 15) is 8.78 Å². The van der Waals surface area contributed by atoms with Gasteiger partial charge >= 0.3 is 0 Å². The van der Waals surface area contributed by atoms with Crippen LogP contribution in [0.15, 0.2) is 24.4 Å². The molecular formula is C15H13F2IrN3. The topological polar surface area (TPSA) is 20.5 Å². The van der Waals surface area contributed by atoms with Gasteiger partial charge in [-0.2, -0.15) is 0 Å². The largest absolute Gasteiger partial charge is 0.378 e. The van der Waals surface area contributed by atoms with Crippen molar-refractivity contribution >= 4 is 11.4 Å². The second-order valence-electron chi connectivity index (χ2n) is 4.62. The summed E-state index contributed by atoms with van der Waals surface area (Å²) < 4.78 is 27.8. The number of pyridine rings is 1. The summed E-state index contributed by atoms with van der Waals surface area (Å²) in [6.07, 6.45) is 1.56. The van der Waals surface area contributed by atoms with E-state index in [1.807, 2.05) is 19.0 Å². The van der Waals surface area contributed by atoms with Crippen LogP contribution in [0.5, 0.6) is 0 Å². The van der Waals surface area contributed by atoms with Crippen LogP contribution < -0.4 is 4.90 Å². The fraction of sp³-hybridized carbons (Fsp3) is 0.200. The Bertz CT molecular complexity index is 709. The second-order valence-corrected chi connectivity index (χ2v) is 4.62. The molecule has 0 amide bonds. The van der Waals surface area contributed by atoms with Gasteiger partial charge in [-0.25, -0.2) is 13.6 Å². The summed E-state index contributed by atoms with van der Waals surface area (Å²) in [6.45, 7) is 8.48. The van der Waals surface area contributed by atoms with E-state index in [2.05, 4.69) is 9.83 Å². The molecule has 1 heterocycles. The minimum absolute atomic E-state index is 0. The number of anilines is 1. The van der Waals surface area contributed by atoms with Gasteiger partial charge in [0.2, 0.25) is 0 Å². The summed E-state index contributed by atoms with van der Waals surface area (Å²) in [7, 11) is 3.72. The van der Waals surface area contributed by atoms with Gasteiger partial charge in [0.15, 0.2) is 0 Å². The Morgan fingerprint density at radius 2 is 1.90 bits per heavy atom. The normalized spacial score (nSPS) is 9.71. The Morgan fingerprint density at radius 3 is 2.48 bits per heavy atom. The van der Waals surface area contributed by atoms with Crippen LogP contribution in [0.1, 0.15) is 5.56 Å². The summed E-state index contributed by atoms with van der Waals surface area (Å²) in [4.78, 5) is 8.90. The molecule has 1 aromatic heterocycles. The van der Waals surface area contributed by atoms with Gasteiger partial charge in [0.1, 0.15) is 11.6 Å². The molecule has 0 bridgehead atoms. The van der Waals surface area contributed by atoms with Crippen molar-refractivity contribution in [3.63, 3.8) is 0 Å². The molecule has 0 fully saturated rings. The Morgan fingerprint density at radius 1 is 1.24 bits per heavy atom. The van der Waals surface area contributed by atoms with Gasteiger partial charge in [0.05, 0.1) is 12.3 Å². The number of aryl methyl sites for hydroxylation is 1. The fourth-order valence-corrected chi connectivity index (χ4v) is 1.98. The summed E-state index contributed by atoms with van der Waals surface area (Å²) in [5.74, 6) is -1.71. The minimum Gasteiger partial charge on any atom is -0.378 e. The van der Waals surface area contributed by atoms with Crippen molar-refractivity contribution in [1.82, 2.24) is 4.98 Å². The van der Waals surface area contributed by atoms with Crippen LogP contribution in [0, 0.1) is 25.1 Å². The third-order valence-electron chi connectivity index (χ3n) is 3.02. The zero-order chi connectivity index (χ0) is 14.9. The zero-order valence-electron chi connectivity index (χ0n) is 11.7. The van der Waals surface area contributed by atoms with Gasteiger partial charge in [-0.1, -0.05) is 0 Å². The van der Waals surface area contributed by atoms with Gasteiger partial charge in [-0.05, 0) is 30.7 Å². The van der Waals surface area contributed by atoms with Gasteiger partial charge in [0.25, 0.3) is 5.69 Å². The smallest absolute Gasteiger partial charge is 0.257 e. The molecule has 0 N–H and O–H groups in total. The third kappa shape index (κ3) is 3.26. The Kier molecular flexibility index (Phi) is 5.54. The molecule has 2 rings (SSSR count). The molecule has 0 aliphatic rings. The maximum Gasteiger partial charge on any atom is 0.257 e. The molecule has 111 valence electrons. The number of halogens is 2. The molecule has 1 aromatic carbocycles. The van der Waals surface area contributed by atoms with Crippen molar-refractivity contribution in [1.29, 1.82) is 0 Å². The third-order valence-corrected chi connectivity index (χ3v) is 3.02. The second kappa shape index (κ2) is 6.75. The quantitative estimate of drug-likeness (QED) is 0.627. The van der Waals surface area contributed by atoms with Gasteiger partial charge in [-0.3, -0.25) is 4.98 Å². The van der Waals surface area contributed by atoms with Crippen molar-refractivity contribution in [2.45, 2.75) is 6.92 Å². The van der Waals surface area contributed by atoms with Crippen molar-refractivity contribution in [3.05, 3.63) is 53.0 Å². The van der Waals surface area contributed by atoms with Crippen LogP contribution in [0.2, 0.25) is 0 Å². The maximum absolute atomic E-state index is 14.3. The summed E-state index contributed by atoms with van der Waals surface area (Å²) in [5, 5.41) is 0. The first-order valence-electron chi connectivity index (χ1n) is 5.95. The molecule has 0 saturated heterocycles.